The average molecular weight is 479 g/mol. The maximum Gasteiger partial charge on any atom is 0.256 e. The molecule has 1 amide bonds. The molecular formula is C16H14BrClINO. The van der Waals surface area contributed by atoms with Crippen LogP contribution in [-0.4, -0.2) is 11.8 Å². The van der Waals surface area contributed by atoms with Gasteiger partial charge < -0.3 is 5.32 Å². The van der Waals surface area contributed by atoms with Crippen LogP contribution >= 0.6 is 50.1 Å². The number of nitrogens with one attached hydrogen (secondary N) is 1. The molecule has 0 aromatic heterocycles. The van der Waals surface area contributed by atoms with Crippen molar-refractivity contribution in [2.24, 2.45) is 0 Å². The van der Waals surface area contributed by atoms with E-state index in [1.807, 2.05) is 42.5 Å². The lowest BCUT2D eigenvalue weighted by molar-refractivity contribution is 0.102. The zero-order chi connectivity index (χ0) is 15.2. The number of aryl methyl sites for hydroxylation is 1. The summed E-state index contributed by atoms with van der Waals surface area (Å²) in [6, 6.07) is 13.6. The Morgan fingerprint density at radius 3 is 2.81 bits per heavy atom. The van der Waals surface area contributed by atoms with Crippen LogP contribution in [0.4, 0.5) is 5.69 Å². The van der Waals surface area contributed by atoms with Gasteiger partial charge in [-0.15, -0.1) is 11.6 Å². The van der Waals surface area contributed by atoms with Crippen molar-refractivity contribution in [3.63, 3.8) is 0 Å². The van der Waals surface area contributed by atoms with Crippen molar-refractivity contribution in [2.45, 2.75) is 12.8 Å². The van der Waals surface area contributed by atoms with Gasteiger partial charge in [0.15, 0.2) is 0 Å². The summed E-state index contributed by atoms with van der Waals surface area (Å²) in [5.74, 6) is 0.529. The number of anilines is 1. The number of hydrogen-bond donors (Lipinski definition) is 1. The molecule has 0 bridgehead atoms. The molecule has 0 fully saturated rings. The highest BCUT2D eigenvalue weighted by atomic mass is 127. The number of rotatable bonds is 5. The first-order chi connectivity index (χ1) is 10.1. The molecule has 0 spiro atoms. The van der Waals surface area contributed by atoms with E-state index in [0.29, 0.717) is 11.4 Å². The molecule has 0 radical (unpaired) electrons. The van der Waals surface area contributed by atoms with E-state index in [-0.39, 0.29) is 5.91 Å². The molecule has 0 saturated heterocycles. The molecule has 0 atom stereocenters. The monoisotopic (exact) mass is 477 g/mol. The third-order valence-corrected chi connectivity index (χ3v) is 4.59. The highest BCUT2D eigenvalue weighted by molar-refractivity contribution is 14.1. The van der Waals surface area contributed by atoms with Crippen LogP contribution in [-0.2, 0) is 6.42 Å². The number of halogens is 3. The molecule has 5 heteroatoms. The summed E-state index contributed by atoms with van der Waals surface area (Å²) in [6.45, 7) is 0. The number of alkyl halides is 1. The van der Waals surface area contributed by atoms with Crippen LogP contribution in [0.1, 0.15) is 22.3 Å². The summed E-state index contributed by atoms with van der Waals surface area (Å²) in [4.78, 5) is 12.3. The third-order valence-electron chi connectivity index (χ3n) is 2.96. The minimum atomic E-state index is -0.116. The molecule has 0 heterocycles. The number of hydrogen-bond acceptors (Lipinski definition) is 1. The fourth-order valence-electron chi connectivity index (χ4n) is 1.95. The maximum absolute atomic E-state index is 12.3. The van der Waals surface area contributed by atoms with Gasteiger partial charge in [0.2, 0.25) is 0 Å². The Morgan fingerprint density at radius 1 is 1.24 bits per heavy atom. The van der Waals surface area contributed by atoms with Crippen LogP contribution in [0, 0.1) is 3.57 Å². The first kappa shape index (κ1) is 16.8. The van der Waals surface area contributed by atoms with Crippen LogP contribution in [0.15, 0.2) is 46.9 Å². The van der Waals surface area contributed by atoms with E-state index in [1.165, 1.54) is 5.56 Å². The summed E-state index contributed by atoms with van der Waals surface area (Å²) >= 11 is 11.3. The molecule has 2 rings (SSSR count). The van der Waals surface area contributed by atoms with Crippen molar-refractivity contribution in [3.05, 3.63) is 61.6 Å². The molecule has 0 aliphatic carbocycles. The lowest BCUT2D eigenvalue weighted by atomic mass is 10.1. The van der Waals surface area contributed by atoms with Crippen molar-refractivity contribution in [1.82, 2.24) is 0 Å². The van der Waals surface area contributed by atoms with Gasteiger partial charge in [0.25, 0.3) is 5.91 Å². The highest BCUT2D eigenvalue weighted by Gasteiger charge is 2.11. The maximum atomic E-state index is 12.3. The molecule has 0 aliphatic heterocycles. The predicted octanol–water partition coefficient (Wildman–Crippen LogP) is 5.48. The number of benzene rings is 2. The van der Waals surface area contributed by atoms with Crippen LogP contribution < -0.4 is 5.32 Å². The van der Waals surface area contributed by atoms with E-state index in [0.717, 1.165) is 26.6 Å². The van der Waals surface area contributed by atoms with Crippen molar-refractivity contribution < 1.29 is 4.79 Å². The first-order valence-electron chi connectivity index (χ1n) is 6.51. The SMILES string of the molecule is O=C(Nc1cccc(CCCCl)c1)c1cc(I)ccc1Br. The van der Waals surface area contributed by atoms with Crippen molar-refractivity contribution in [1.29, 1.82) is 0 Å². The van der Waals surface area contributed by atoms with E-state index in [4.69, 9.17) is 11.6 Å². The molecule has 1 N–H and O–H groups in total. The zero-order valence-corrected chi connectivity index (χ0v) is 15.7. The Kier molecular flexibility index (Phi) is 6.51. The summed E-state index contributed by atoms with van der Waals surface area (Å²) in [5.41, 5.74) is 2.61. The molecule has 0 unspecified atom stereocenters. The largest absolute Gasteiger partial charge is 0.322 e. The Morgan fingerprint density at radius 2 is 2.05 bits per heavy atom. The molecule has 0 aliphatic rings. The highest BCUT2D eigenvalue weighted by Crippen LogP contribution is 2.21. The minimum Gasteiger partial charge on any atom is -0.322 e. The normalized spacial score (nSPS) is 10.4. The summed E-state index contributed by atoms with van der Waals surface area (Å²) < 4.78 is 1.82. The smallest absolute Gasteiger partial charge is 0.256 e. The lowest BCUT2D eigenvalue weighted by Crippen LogP contribution is -2.13. The van der Waals surface area contributed by atoms with Gasteiger partial charge in [-0.1, -0.05) is 12.1 Å². The molecule has 2 aromatic rings. The van der Waals surface area contributed by atoms with Gasteiger partial charge in [-0.05, 0) is 87.3 Å². The fourth-order valence-corrected chi connectivity index (χ4v) is 3.00. The van der Waals surface area contributed by atoms with E-state index in [9.17, 15) is 4.79 Å². The Balaban J connectivity index is 2.14. The van der Waals surface area contributed by atoms with Gasteiger partial charge in [-0.2, -0.15) is 0 Å². The average Bonchev–Trinajstić information content (AvgIpc) is 2.48. The molecule has 2 aromatic carbocycles. The molecule has 2 nitrogen and oxygen atoms in total. The molecule has 21 heavy (non-hydrogen) atoms. The number of carbonyl (C=O) groups is 1. The van der Waals surface area contributed by atoms with Gasteiger partial charge >= 0.3 is 0 Å². The number of amides is 1. The second-order valence-corrected chi connectivity index (χ2v) is 7.05. The minimum absolute atomic E-state index is 0.116. The van der Waals surface area contributed by atoms with Crippen molar-refractivity contribution in [2.75, 3.05) is 11.2 Å². The van der Waals surface area contributed by atoms with Crippen LogP contribution in [0.2, 0.25) is 0 Å². The predicted molar refractivity (Wildman–Crippen MR) is 100 cm³/mol. The van der Waals surface area contributed by atoms with Crippen molar-refractivity contribution in [3.8, 4) is 0 Å². The van der Waals surface area contributed by atoms with Crippen LogP contribution in [0.3, 0.4) is 0 Å². The Hall–Kier alpha value is -0.590. The Labute approximate surface area is 151 Å². The second-order valence-electron chi connectivity index (χ2n) is 4.57. The lowest BCUT2D eigenvalue weighted by Gasteiger charge is -2.09. The zero-order valence-electron chi connectivity index (χ0n) is 11.2. The topological polar surface area (TPSA) is 29.1 Å². The first-order valence-corrected chi connectivity index (χ1v) is 8.92. The molecule has 0 saturated carbocycles. The second kappa shape index (κ2) is 8.15. The van der Waals surface area contributed by atoms with Gasteiger partial charge in [-0.3, -0.25) is 4.79 Å². The molecule has 110 valence electrons. The van der Waals surface area contributed by atoms with E-state index >= 15 is 0 Å². The van der Waals surface area contributed by atoms with Gasteiger partial charge in [0, 0.05) is 19.6 Å². The fraction of sp³-hybridized carbons (Fsp3) is 0.188. The van der Waals surface area contributed by atoms with E-state index in [2.05, 4.69) is 43.8 Å². The standard InChI is InChI=1S/C16H14BrClINO/c17-15-7-6-12(19)10-14(15)16(21)20-13-5-1-3-11(9-13)4-2-8-18/h1,3,5-7,9-10H,2,4,8H2,(H,20,21). The van der Waals surface area contributed by atoms with Crippen molar-refractivity contribution >= 4 is 61.7 Å². The summed E-state index contributed by atoms with van der Waals surface area (Å²) in [7, 11) is 0. The van der Waals surface area contributed by atoms with E-state index in [1.54, 1.807) is 0 Å². The molecular weight excluding hydrogens is 464 g/mol. The quantitative estimate of drug-likeness (QED) is 0.448. The van der Waals surface area contributed by atoms with Gasteiger partial charge in [0.05, 0.1) is 5.56 Å². The summed E-state index contributed by atoms with van der Waals surface area (Å²) in [6.07, 6.45) is 1.85. The van der Waals surface area contributed by atoms with Gasteiger partial charge in [-0.25, -0.2) is 0 Å². The van der Waals surface area contributed by atoms with Gasteiger partial charge in [0.1, 0.15) is 0 Å². The van der Waals surface area contributed by atoms with Crippen LogP contribution in [0.25, 0.3) is 0 Å². The third kappa shape index (κ3) is 4.97. The van der Waals surface area contributed by atoms with E-state index < -0.39 is 0 Å². The number of carbonyl (C=O) groups excluding carboxylic acids is 1. The Bertz CT molecular complexity index is 648. The van der Waals surface area contributed by atoms with Crippen LogP contribution in [0.5, 0.6) is 0 Å². The summed E-state index contributed by atoms with van der Waals surface area (Å²) in [5, 5.41) is 2.94.